The summed E-state index contributed by atoms with van der Waals surface area (Å²) in [7, 11) is 3.43. The lowest BCUT2D eigenvalue weighted by molar-refractivity contribution is -0.121. The highest BCUT2D eigenvalue weighted by Crippen LogP contribution is 2.21. The fourth-order valence-electron chi connectivity index (χ4n) is 2.78. The van der Waals surface area contributed by atoms with Crippen molar-refractivity contribution in [1.29, 1.82) is 0 Å². The minimum atomic E-state index is -0.531. The van der Waals surface area contributed by atoms with Crippen LogP contribution in [0.15, 0.2) is 60.9 Å². The predicted molar refractivity (Wildman–Crippen MR) is 96.3 cm³/mol. The lowest BCUT2D eigenvalue weighted by Gasteiger charge is -2.19. The number of hydrogen-bond donors (Lipinski definition) is 1. The average molecular weight is 353 g/mol. The van der Waals surface area contributed by atoms with Crippen LogP contribution in [0, 0.1) is 5.82 Å². The molecular weight excluding hydrogens is 333 g/mol. The van der Waals surface area contributed by atoms with Gasteiger partial charge in [-0.05, 0) is 35.4 Å². The van der Waals surface area contributed by atoms with Crippen LogP contribution in [-0.4, -0.2) is 22.6 Å². The van der Waals surface area contributed by atoms with Gasteiger partial charge < -0.3 is 14.6 Å². The predicted octanol–water partition coefficient (Wildman–Crippen LogP) is 3.02. The zero-order valence-corrected chi connectivity index (χ0v) is 14.6. The second-order valence-corrected chi connectivity index (χ2v) is 5.98. The van der Waals surface area contributed by atoms with Gasteiger partial charge in [-0.3, -0.25) is 4.79 Å². The maximum Gasteiger partial charge on any atom is 0.225 e. The number of carbonyl (C=O) groups excluding carboxylic acids is 1. The second kappa shape index (κ2) is 7.82. The number of benzene rings is 2. The smallest absolute Gasteiger partial charge is 0.225 e. The van der Waals surface area contributed by atoms with Gasteiger partial charge in [0.1, 0.15) is 23.4 Å². The van der Waals surface area contributed by atoms with Crippen molar-refractivity contribution in [3.05, 3.63) is 83.7 Å². The van der Waals surface area contributed by atoms with E-state index in [1.807, 2.05) is 35.9 Å². The van der Waals surface area contributed by atoms with Crippen LogP contribution in [0.2, 0.25) is 0 Å². The molecule has 0 aliphatic carbocycles. The number of carbonyl (C=O) groups is 1. The highest BCUT2D eigenvalue weighted by Gasteiger charge is 2.21. The molecule has 0 radical (unpaired) electrons. The zero-order chi connectivity index (χ0) is 18.5. The first-order chi connectivity index (χ1) is 12.6. The fourth-order valence-corrected chi connectivity index (χ4v) is 2.78. The number of nitrogens with one attached hydrogen (secondary N) is 1. The Morgan fingerprint density at radius 2 is 2.04 bits per heavy atom. The topological polar surface area (TPSA) is 56.1 Å². The molecule has 2 aromatic carbocycles. The number of hydrogen-bond acceptors (Lipinski definition) is 3. The van der Waals surface area contributed by atoms with Crippen LogP contribution in [0.3, 0.4) is 0 Å². The number of methoxy groups -OCH3 is 1. The third-order valence-corrected chi connectivity index (χ3v) is 4.13. The minimum Gasteiger partial charge on any atom is -0.497 e. The molecule has 0 unspecified atom stereocenters. The molecule has 0 spiro atoms. The van der Waals surface area contributed by atoms with Crippen LogP contribution in [0.1, 0.15) is 23.0 Å². The summed E-state index contributed by atoms with van der Waals surface area (Å²) in [5, 5.41) is 2.96. The summed E-state index contributed by atoms with van der Waals surface area (Å²) < 4.78 is 20.6. The van der Waals surface area contributed by atoms with Gasteiger partial charge in [0, 0.05) is 19.4 Å². The van der Waals surface area contributed by atoms with E-state index in [0.717, 1.165) is 11.3 Å². The van der Waals surface area contributed by atoms with Crippen molar-refractivity contribution in [2.24, 2.45) is 7.05 Å². The minimum absolute atomic E-state index is 0.174. The maximum atomic E-state index is 13.7. The fraction of sp³-hybridized carbons (Fsp3) is 0.200. The second-order valence-electron chi connectivity index (χ2n) is 5.98. The van der Waals surface area contributed by atoms with Crippen LogP contribution in [0.5, 0.6) is 5.75 Å². The standard InChI is InChI=1S/C20H20FN3O2/c1-24-11-10-22-20(24)19(15-4-3-5-16(21)13-15)23-18(25)12-14-6-8-17(26-2)9-7-14/h3-11,13,19H,12H2,1-2H3,(H,23,25)/t19-/m1/s1. The molecule has 26 heavy (non-hydrogen) atoms. The van der Waals surface area contributed by atoms with Gasteiger partial charge in [0.05, 0.1) is 13.5 Å². The van der Waals surface area contributed by atoms with E-state index in [2.05, 4.69) is 10.3 Å². The first kappa shape index (κ1) is 17.7. The van der Waals surface area contributed by atoms with Gasteiger partial charge in [-0.15, -0.1) is 0 Å². The summed E-state index contributed by atoms with van der Waals surface area (Å²) in [6.07, 6.45) is 3.65. The molecule has 0 aliphatic heterocycles. The molecule has 1 N–H and O–H groups in total. The van der Waals surface area contributed by atoms with E-state index >= 15 is 0 Å². The molecule has 0 fully saturated rings. The number of rotatable bonds is 6. The Hall–Kier alpha value is -3.15. The molecule has 0 saturated carbocycles. The van der Waals surface area contributed by atoms with Crippen molar-refractivity contribution in [2.75, 3.05) is 7.11 Å². The summed E-state index contributed by atoms with van der Waals surface area (Å²) >= 11 is 0. The van der Waals surface area contributed by atoms with Crippen molar-refractivity contribution in [2.45, 2.75) is 12.5 Å². The number of amides is 1. The summed E-state index contributed by atoms with van der Waals surface area (Å²) in [6.45, 7) is 0. The van der Waals surface area contributed by atoms with E-state index in [9.17, 15) is 9.18 Å². The van der Waals surface area contributed by atoms with Gasteiger partial charge in [-0.1, -0.05) is 24.3 Å². The van der Waals surface area contributed by atoms with Gasteiger partial charge in [-0.2, -0.15) is 0 Å². The number of nitrogens with zero attached hydrogens (tertiary/aromatic N) is 2. The van der Waals surface area contributed by atoms with E-state index < -0.39 is 6.04 Å². The summed E-state index contributed by atoms with van der Waals surface area (Å²) in [5.41, 5.74) is 1.50. The molecule has 134 valence electrons. The Morgan fingerprint density at radius 3 is 2.65 bits per heavy atom. The Balaban J connectivity index is 1.81. The first-order valence-electron chi connectivity index (χ1n) is 8.22. The summed E-state index contributed by atoms with van der Waals surface area (Å²) in [6, 6.07) is 13.0. The molecule has 3 aromatic rings. The molecule has 1 aromatic heterocycles. The normalized spacial score (nSPS) is 11.8. The molecular formula is C20H20FN3O2. The molecule has 0 bridgehead atoms. The van der Waals surface area contributed by atoms with Crippen LogP contribution >= 0.6 is 0 Å². The maximum absolute atomic E-state index is 13.7. The van der Waals surface area contributed by atoms with Crippen molar-refractivity contribution >= 4 is 5.91 Å². The Bertz CT molecular complexity index is 890. The van der Waals surface area contributed by atoms with Gasteiger partial charge in [-0.25, -0.2) is 9.37 Å². The van der Waals surface area contributed by atoms with Crippen molar-refractivity contribution in [1.82, 2.24) is 14.9 Å². The Kier molecular flexibility index (Phi) is 5.31. The average Bonchev–Trinajstić information content (AvgIpc) is 3.06. The Labute approximate surface area is 151 Å². The zero-order valence-electron chi connectivity index (χ0n) is 14.6. The Morgan fingerprint density at radius 1 is 1.27 bits per heavy atom. The van der Waals surface area contributed by atoms with Crippen LogP contribution in [-0.2, 0) is 18.3 Å². The largest absolute Gasteiger partial charge is 0.497 e. The van der Waals surface area contributed by atoms with Crippen LogP contribution in [0.4, 0.5) is 4.39 Å². The molecule has 0 saturated heterocycles. The van der Waals surface area contributed by atoms with Gasteiger partial charge in [0.2, 0.25) is 5.91 Å². The molecule has 1 heterocycles. The van der Waals surface area contributed by atoms with Crippen molar-refractivity contribution < 1.29 is 13.9 Å². The van der Waals surface area contributed by atoms with E-state index in [4.69, 9.17) is 4.74 Å². The van der Waals surface area contributed by atoms with Crippen LogP contribution < -0.4 is 10.1 Å². The molecule has 5 nitrogen and oxygen atoms in total. The lowest BCUT2D eigenvalue weighted by atomic mass is 10.0. The summed E-state index contributed by atoms with van der Waals surface area (Å²) in [4.78, 5) is 16.9. The molecule has 1 atom stereocenters. The SMILES string of the molecule is COc1ccc(CC(=O)N[C@H](c2cccc(F)c2)c2nccn2C)cc1. The molecule has 6 heteroatoms. The lowest BCUT2D eigenvalue weighted by Crippen LogP contribution is -2.32. The molecule has 0 aliphatic rings. The number of halogens is 1. The number of ether oxygens (including phenoxy) is 1. The van der Waals surface area contributed by atoms with Gasteiger partial charge in [0.25, 0.3) is 0 Å². The third-order valence-electron chi connectivity index (χ3n) is 4.13. The van der Waals surface area contributed by atoms with E-state index in [1.54, 1.807) is 31.6 Å². The van der Waals surface area contributed by atoms with Gasteiger partial charge in [0.15, 0.2) is 0 Å². The number of imidazole rings is 1. The number of aryl methyl sites for hydroxylation is 1. The highest BCUT2D eigenvalue weighted by molar-refractivity contribution is 5.79. The first-order valence-corrected chi connectivity index (χ1v) is 8.22. The molecule has 1 amide bonds. The molecule has 3 rings (SSSR count). The highest BCUT2D eigenvalue weighted by atomic mass is 19.1. The van der Waals surface area contributed by atoms with Gasteiger partial charge >= 0.3 is 0 Å². The number of aromatic nitrogens is 2. The van der Waals surface area contributed by atoms with Crippen molar-refractivity contribution in [3.63, 3.8) is 0 Å². The van der Waals surface area contributed by atoms with Crippen LogP contribution in [0.25, 0.3) is 0 Å². The monoisotopic (exact) mass is 353 g/mol. The third kappa shape index (κ3) is 4.08. The summed E-state index contributed by atoms with van der Waals surface area (Å²) in [5.74, 6) is 0.844. The van der Waals surface area contributed by atoms with E-state index in [0.29, 0.717) is 11.4 Å². The quantitative estimate of drug-likeness (QED) is 0.741. The van der Waals surface area contributed by atoms with Crippen molar-refractivity contribution in [3.8, 4) is 5.75 Å². The van der Waals surface area contributed by atoms with E-state index in [1.165, 1.54) is 12.1 Å². The van der Waals surface area contributed by atoms with E-state index in [-0.39, 0.29) is 18.1 Å².